The van der Waals surface area contributed by atoms with Gasteiger partial charge in [0.05, 0.1) is 5.56 Å². The lowest BCUT2D eigenvalue weighted by atomic mass is 10.2. The van der Waals surface area contributed by atoms with Crippen LogP contribution in [-0.4, -0.2) is 24.7 Å². The van der Waals surface area contributed by atoms with Crippen molar-refractivity contribution < 1.29 is 35.9 Å². The molecule has 0 aliphatic heterocycles. The second-order valence-electron chi connectivity index (χ2n) is 3.35. The molecule has 1 rings (SSSR count). The summed E-state index contributed by atoms with van der Waals surface area (Å²) in [5.41, 5.74) is -0.430. The number of halogens is 7. The van der Waals surface area contributed by atoms with Crippen LogP contribution in [-0.2, 0) is 0 Å². The van der Waals surface area contributed by atoms with Gasteiger partial charge in [-0.3, -0.25) is 4.79 Å². The quantitative estimate of drug-likeness (QED) is 0.605. The Kier molecular flexibility index (Phi) is 4.49. The summed E-state index contributed by atoms with van der Waals surface area (Å²) in [5, 5.41) is 0. The number of carbonyl (C=O) groups is 1. The molecule has 106 valence electrons. The first-order valence-corrected chi connectivity index (χ1v) is 5.40. The van der Waals surface area contributed by atoms with Crippen LogP contribution in [0.3, 0.4) is 0 Å². The molecule has 1 aromatic rings. The summed E-state index contributed by atoms with van der Waals surface area (Å²) in [6.45, 7) is 0. The number of benzene rings is 1. The van der Waals surface area contributed by atoms with Gasteiger partial charge in [-0.25, -0.2) is 0 Å². The maximum atomic E-state index is 12.3. The molecule has 19 heavy (non-hydrogen) atoms. The third kappa shape index (κ3) is 3.85. The molecule has 0 fully saturated rings. The molecule has 0 aliphatic carbocycles. The van der Waals surface area contributed by atoms with Crippen LogP contribution in [0.15, 0.2) is 22.7 Å². The Morgan fingerprint density at radius 2 is 1.63 bits per heavy atom. The van der Waals surface area contributed by atoms with Gasteiger partial charge in [0.1, 0.15) is 5.75 Å². The Hall–Kier alpha value is -1.25. The molecule has 2 nitrogen and oxygen atoms in total. The van der Waals surface area contributed by atoms with E-state index in [-0.39, 0.29) is 10.8 Å². The molecular formula is C10H5BrF6O2. The molecule has 1 aromatic carbocycles. The number of ether oxygens (including phenoxy) is 1. The molecule has 0 saturated heterocycles. The van der Waals surface area contributed by atoms with Gasteiger partial charge in [-0.05, 0) is 28.1 Å². The molecule has 9 heteroatoms. The van der Waals surface area contributed by atoms with E-state index in [2.05, 4.69) is 20.7 Å². The van der Waals surface area contributed by atoms with Gasteiger partial charge in [0.15, 0.2) is 6.29 Å². The molecule has 0 saturated carbocycles. The number of alkyl halides is 6. The van der Waals surface area contributed by atoms with Gasteiger partial charge >= 0.3 is 12.4 Å². The summed E-state index contributed by atoms with van der Waals surface area (Å²) >= 11 is 2.82. The Balaban J connectivity index is 3.18. The highest BCUT2D eigenvalue weighted by Crippen LogP contribution is 2.38. The van der Waals surface area contributed by atoms with Gasteiger partial charge in [-0.15, -0.1) is 0 Å². The average Bonchev–Trinajstić information content (AvgIpc) is 2.22. The van der Waals surface area contributed by atoms with Crippen molar-refractivity contribution >= 4 is 22.2 Å². The first-order chi connectivity index (χ1) is 8.57. The number of hydrogen-bond acceptors (Lipinski definition) is 2. The van der Waals surface area contributed by atoms with Crippen LogP contribution in [0.4, 0.5) is 26.3 Å². The Morgan fingerprint density at radius 3 is 2.05 bits per heavy atom. The minimum atomic E-state index is -5.64. The van der Waals surface area contributed by atoms with Crippen molar-refractivity contribution in [2.75, 3.05) is 0 Å². The van der Waals surface area contributed by atoms with E-state index in [0.717, 1.165) is 12.1 Å². The van der Waals surface area contributed by atoms with Crippen LogP contribution in [0, 0.1) is 0 Å². The summed E-state index contributed by atoms with van der Waals surface area (Å²) < 4.78 is 77.7. The van der Waals surface area contributed by atoms with Gasteiger partial charge in [-0.1, -0.05) is 6.07 Å². The molecular weight excluding hydrogens is 346 g/mol. The van der Waals surface area contributed by atoms with E-state index in [9.17, 15) is 31.1 Å². The molecule has 0 spiro atoms. The number of rotatable bonds is 3. The van der Waals surface area contributed by atoms with Crippen molar-refractivity contribution in [1.82, 2.24) is 0 Å². The van der Waals surface area contributed by atoms with Crippen LogP contribution < -0.4 is 4.74 Å². The first-order valence-electron chi connectivity index (χ1n) is 4.61. The lowest BCUT2D eigenvalue weighted by molar-refractivity contribution is -0.299. The minimum Gasteiger partial charge on any atom is -0.471 e. The molecule has 0 atom stereocenters. The maximum absolute atomic E-state index is 12.3. The third-order valence-corrected chi connectivity index (χ3v) is 2.66. The zero-order valence-electron chi connectivity index (χ0n) is 8.85. The number of carbonyl (C=O) groups excluding carboxylic acids is 1. The van der Waals surface area contributed by atoms with E-state index in [1.54, 1.807) is 0 Å². The van der Waals surface area contributed by atoms with E-state index in [1.807, 2.05) is 0 Å². The monoisotopic (exact) mass is 350 g/mol. The van der Waals surface area contributed by atoms with E-state index < -0.39 is 29.8 Å². The summed E-state index contributed by atoms with van der Waals surface area (Å²) in [5.74, 6) is -0.802. The SMILES string of the molecule is O=Cc1c(Br)cccc1OC(C(F)(F)F)C(F)(F)F. The van der Waals surface area contributed by atoms with Crippen LogP contribution in [0.2, 0.25) is 0 Å². The summed E-state index contributed by atoms with van der Waals surface area (Å²) in [7, 11) is 0. The fourth-order valence-electron chi connectivity index (χ4n) is 1.18. The summed E-state index contributed by atoms with van der Waals surface area (Å²) in [4.78, 5) is 10.7. The predicted molar refractivity (Wildman–Crippen MR) is 56.1 cm³/mol. The van der Waals surface area contributed by atoms with Crippen LogP contribution in [0.1, 0.15) is 10.4 Å². The smallest absolute Gasteiger partial charge is 0.434 e. The van der Waals surface area contributed by atoms with E-state index >= 15 is 0 Å². The molecule has 0 N–H and O–H groups in total. The zero-order chi connectivity index (χ0) is 14.8. The number of hydrogen-bond donors (Lipinski definition) is 0. The summed E-state index contributed by atoms with van der Waals surface area (Å²) in [6.07, 6.45) is -15.2. The maximum Gasteiger partial charge on any atom is 0.434 e. The van der Waals surface area contributed by atoms with Gasteiger partial charge in [0, 0.05) is 4.47 Å². The second-order valence-corrected chi connectivity index (χ2v) is 4.20. The highest BCUT2D eigenvalue weighted by Gasteiger charge is 2.59. The van der Waals surface area contributed by atoms with Gasteiger partial charge in [-0.2, -0.15) is 26.3 Å². The fourth-order valence-corrected chi connectivity index (χ4v) is 1.62. The van der Waals surface area contributed by atoms with Gasteiger partial charge in [0.2, 0.25) is 0 Å². The van der Waals surface area contributed by atoms with Crippen molar-refractivity contribution in [2.45, 2.75) is 18.5 Å². The Morgan fingerprint density at radius 1 is 1.11 bits per heavy atom. The van der Waals surface area contributed by atoms with E-state index in [1.165, 1.54) is 6.07 Å². The highest BCUT2D eigenvalue weighted by atomic mass is 79.9. The second kappa shape index (κ2) is 5.40. The minimum absolute atomic E-state index is 0.0306. The predicted octanol–water partition coefficient (Wildman–Crippen LogP) is 4.13. The standard InChI is InChI=1S/C10H5BrF6O2/c11-6-2-1-3-7(5(6)4-18)19-8(9(12,13)14)10(15,16)17/h1-4,8H. The topological polar surface area (TPSA) is 26.3 Å². The lowest BCUT2D eigenvalue weighted by Gasteiger charge is -2.24. The van der Waals surface area contributed by atoms with Crippen molar-refractivity contribution in [3.05, 3.63) is 28.2 Å². The van der Waals surface area contributed by atoms with Crippen LogP contribution >= 0.6 is 15.9 Å². The van der Waals surface area contributed by atoms with E-state index in [4.69, 9.17) is 0 Å². The van der Waals surface area contributed by atoms with E-state index in [0.29, 0.717) is 0 Å². The molecule has 0 heterocycles. The van der Waals surface area contributed by atoms with Gasteiger partial charge < -0.3 is 4.74 Å². The fraction of sp³-hybridized carbons (Fsp3) is 0.300. The van der Waals surface area contributed by atoms with Crippen LogP contribution in [0.5, 0.6) is 5.75 Å². The molecule has 0 aliphatic rings. The normalized spacial score (nSPS) is 12.6. The van der Waals surface area contributed by atoms with Crippen molar-refractivity contribution in [2.24, 2.45) is 0 Å². The Labute approximate surface area is 111 Å². The lowest BCUT2D eigenvalue weighted by Crippen LogP contribution is -2.46. The third-order valence-electron chi connectivity index (χ3n) is 1.97. The molecule has 0 aromatic heterocycles. The van der Waals surface area contributed by atoms with Crippen LogP contribution in [0.25, 0.3) is 0 Å². The highest BCUT2D eigenvalue weighted by molar-refractivity contribution is 9.10. The Bertz CT molecular complexity index is 454. The number of aldehydes is 1. The van der Waals surface area contributed by atoms with Gasteiger partial charge in [0.25, 0.3) is 6.10 Å². The largest absolute Gasteiger partial charge is 0.471 e. The molecule has 0 amide bonds. The van der Waals surface area contributed by atoms with Crippen molar-refractivity contribution in [3.8, 4) is 5.75 Å². The first kappa shape index (κ1) is 15.8. The van der Waals surface area contributed by atoms with Crippen molar-refractivity contribution in [3.63, 3.8) is 0 Å². The molecule has 0 bridgehead atoms. The van der Waals surface area contributed by atoms with Crippen molar-refractivity contribution in [1.29, 1.82) is 0 Å². The molecule has 0 unspecified atom stereocenters. The molecule has 0 radical (unpaired) electrons. The zero-order valence-corrected chi connectivity index (χ0v) is 10.4. The summed E-state index contributed by atoms with van der Waals surface area (Å²) in [6, 6.07) is 3.28. The average molecular weight is 351 g/mol.